The van der Waals surface area contributed by atoms with Crippen LogP contribution in [0.15, 0.2) is 28.2 Å². The second-order valence-corrected chi connectivity index (χ2v) is 6.12. The van der Waals surface area contributed by atoms with Crippen LogP contribution in [0.4, 0.5) is 0 Å². The second-order valence-electron chi connectivity index (χ2n) is 5.27. The van der Waals surface area contributed by atoms with Crippen molar-refractivity contribution >= 4 is 22.0 Å². The third-order valence-electron chi connectivity index (χ3n) is 3.91. The number of rotatable bonds is 3. The fourth-order valence-corrected chi connectivity index (χ4v) is 3.13. The lowest BCUT2D eigenvalue weighted by atomic mass is 9.83. The summed E-state index contributed by atoms with van der Waals surface area (Å²) < 4.78 is 1.18. The molecule has 2 rings (SSSR count). The molecule has 1 fully saturated rings. The molecule has 98 valence electrons. The van der Waals surface area contributed by atoms with Crippen LogP contribution in [0.2, 0.25) is 0 Å². The van der Waals surface area contributed by atoms with E-state index >= 15 is 0 Å². The third-order valence-corrected chi connectivity index (χ3v) is 4.77. The van der Waals surface area contributed by atoms with Crippen molar-refractivity contribution in [2.75, 3.05) is 6.54 Å². The highest BCUT2D eigenvalue weighted by molar-refractivity contribution is 9.10. The Morgan fingerprint density at radius 2 is 2.06 bits per heavy atom. The Morgan fingerprint density at radius 1 is 1.33 bits per heavy atom. The van der Waals surface area contributed by atoms with E-state index in [1.807, 2.05) is 0 Å². The molecular weight excluding hydrogens is 286 g/mol. The number of halogens is 1. The van der Waals surface area contributed by atoms with Gasteiger partial charge in [0.2, 0.25) is 0 Å². The van der Waals surface area contributed by atoms with E-state index in [-0.39, 0.29) is 0 Å². The molecule has 0 saturated heterocycles. The zero-order chi connectivity index (χ0) is 13.0. The molecule has 0 aliphatic heterocycles. The molecule has 1 nitrogen and oxygen atoms in total. The quantitative estimate of drug-likeness (QED) is 0.862. The maximum atomic E-state index is 5.94. The highest BCUT2D eigenvalue weighted by atomic mass is 79.9. The second kappa shape index (κ2) is 6.53. The van der Waals surface area contributed by atoms with Gasteiger partial charge in [0.05, 0.1) is 0 Å². The lowest BCUT2D eigenvalue weighted by molar-refractivity contribution is 0.401. The summed E-state index contributed by atoms with van der Waals surface area (Å²) in [6, 6.07) is 6.53. The van der Waals surface area contributed by atoms with Crippen molar-refractivity contribution in [2.45, 2.75) is 39.0 Å². The fraction of sp³-hybridized carbons (Fsp3) is 0.500. The van der Waals surface area contributed by atoms with Crippen LogP contribution in [0.25, 0.3) is 6.08 Å². The average molecular weight is 308 g/mol. The molecule has 0 unspecified atom stereocenters. The summed E-state index contributed by atoms with van der Waals surface area (Å²) in [5.41, 5.74) is 9.90. The van der Waals surface area contributed by atoms with Gasteiger partial charge in [0, 0.05) is 11.0 Å². The Balaban J connectivity index is 2.19. The molecule has 2 N–H and O–H groups in total. The van der Waals surface area contributed by atoms with Gasteiger partial charge in [-0.05, 0) is 42.9 Å². The van der Waals surface area contributed by atoms with Gasteiger partial charge in [-0.15, -0.1) is 0 Å². The van der Waals surface area contributed by atoms with Crippen LogP contribution < -0.4 is 5.73 Å². The molecule has 0 radical (unpaired) electrons. The van der Waals surface area contributed by atoms with Gasteiger partial charge < -0.3 is 5.73 Å². The van der Waals surface area contributed by atoms with Crippen molar-refractivity contribution in [3.63, 3.8) is 0 Å². The maximum Gasteiger partial charge on any atom is 0.0210 e. The molecule has 0 aromatic heterocycles. The third kappa shape index (κ3) is 3.46. The van der Waals surface area contributed by atoms with E-state index in [9.17, 15) is 0 Å². The van der Waals surface area contributed by atoms with Crippen LogP contribution in [-0.4, -0.2) is 6.54 Å². The molecule has 1 aromatic carbocycles. The predicted octanol–water partition coefficient (Wildman–Crippen LogP) is 4.68. The van der Waals surface area contributed by atoms with Crippen LogP contribution in [0.3, 0.4) is 0 Å². The zero-order valence-electron chi connectivity index (χ0n) is 11.1. The van der Waals surface area contributed by atoms with Crippen molar-refractivity contribution in [3.8, 4) is 0 Å². The Bertz CT molecular complexity index is 431. The largest absolute Gasteiger partial charge is 0.327 e. The Hall–Kier alpha value is -0.600. The normalized spacial score (nSPS) is 18.1. The Kier molecular flexibility index (Phi) is 5.02. The van der Waals surface area contributed by atoms with Crippen LogP contribution in [0, 0.1) is 12.8 Å². The van der Waals surface area contributed by atoms with Crippen LogP contribution >= 0.6 is 15.9 Å². The molecule has 0 atom stereocenters. The predicted molar refractivity (Wildman–Crippen MR) is 82.5 cm³/mol. The van der Waals surface area contributed by atoms with E-state index in [1.54, 1.807) is 0 Å². The molecule has 1 aliphatic carbocycles. The van der Waals surface area contributed by atoms with E-state index in [2.05, 4.69) is 47.1 Å². The number of benzene rings is 1. The number of nitrogens with two attached hydrogens (primary N) is 1. The smallest absolute Gasteiger partial charge is 0.0210 e. The van der Waals surface area contributed by atoms with Gasteiger partial charge >= 0.3 is 0 Å². The van der Waals surface area contributed by atoms with Crippen molar-refractivity contribution in [3.05, 3.63) is 39.4 Å². The Morgan fingerprint density at radius 3 is 2.67 bits per heavy atom. The molecule has 18 heavy (non-hydrogen) atoms. The SMILES string of the molecule is Cc1ccc(/C=C(/CN)C2CCCCC2)cc1Br. The average Bonchev–Trinajstić information content (AvgIpc) is 2.41. The van der Waals surface area contributed by atoms with Crippen LogP contribution in [0.5, 0.6) is 0 Å². The number of hydrogen-bond acceptors (Lipinski definition) is 1. The highest BCUT2D eigenvalue weighted by Crippen LogP contribution is 2.30. The molecule has 0 spiro atoms. The number of aryl methyl sites for hydroxylation is 1. The van der Waals surface area contributed by atoms with Crippen LogP contribution in [0.1, 0.15) is 43.2 Å². The molecule has 0 heterocycles. The first-order valence-corrected chi connectivity index (χ1v) is 7.66. The van der Waals surface area contributed by atoms with E-state index < -0.39 is 0 Å². The summed E-state index contributed by atoms with van der Waals surface area (Å²) in [5.74, 6) is 0.712. The highest BCUT2D eigenvalue weighted by Gasteiger charge is 2.16. The van der Waals surface area contributed by atoms with Crippen LogP contribution in [-0.2, 0) is 0 Å². The first-order valence-electron chi connectivity index (χ1n) is 6.87. The minimum Gasteiger partial charge on any atom is -0.327 e. The van der Waals surface area contributed by atoms with Crippen molar-refractivity contribution in [1.82, 2.24) is 0 Å². The summed E-state index contributed by atoms with van der Waals surface area (Å²) >= 11 is 3.59. The first-order chi connectivity index (χ1) is 8.70. The topological polar surface area (TPSA) is 26.0 Å². The lowest BCUT2D eigenvalue weighted by Gasteiger charge is -2.24. The molecule has 1 aliphatic rings. The maximum absolute atomic E-state index is 5.94. The van der Waals surface area contributed by atoms with Crippen molar-refractivity contribution in [2.24, 2.45) is 11.7 Å². The monoisotopic (exact) mass is 307 g/mol. The van der Waals surface area contributed by atoms with Gasteiger partial charge in [0.1, 0.15) is 0 Å². The molecule has 0 amide bonds. The first kappa shape index (κ1) is 13.8. The van der Waals surface area contributed by atoms with E-state index in [4.69, 9.17) is 5.73 Å². The summed E-state index contributed by atoms with van der Waals surface area (Å²) in [4.78, 5) is 0. The van der Waals surface area contributed by atoms with Gasteiger partial charge in [-0.1, -0.05) is 59.0 Å². The summed E-state index contributed by atoms with van der Waals surface area (Å²) in [7, 11) is 0. The number of hydrogen-bond donors (Lipinski definition) is 1. The molecule has 1 saturated carbocycles. The summed E-state index contributed by atoms with van der Waals surface area (Å²) in [6.07, 6.45) is 9.04. The molecule has 1 aromatic rings. The fourth-order valence-electron chi connectivity index (χ4n) is 2.73. The van der Waals surface area contributed by atoms with Gasteiger partial charge in [-0.3, -0.25) is 0 Å². The Labute approximate surface area is 119 Å². The van der Waals surface area contributed by atoms with Gasteiger partial charge in [-0.2, -0.15) is 0 Å². The minimum absolute atomic E-state index is 0.691. The minimum atomic E-state index is 0.691. The van der Waals surface area contributed by atoms with E-state index in [0.717, 1.165) is 0 Å². The summed E-state index contributed by atoms with van der Waals surface area (Å²) in [6.45, 7) is 2.80. The lowest BCUT2D eigenvalue weighted by Crippen LogP contribution is -2.16. The summed E-state index contributed by atoms with van der Waals surface area (Å²) in [5, 5.41) is 0. The van der Waals surface area contributed by atoms with Gasteiger partial charge in [0.25, 0.3) is 0 Å². The molecule has 2 heteroatoms. The zero-order valence-corrected chi connectivity index (χ0v) is 12.7. The van der Waals surface area contributed by atoms with Crippen molar-refractivity contribution in [1.29, 1.82) is 0 Å². The van der Waals surface area contributed by atoms with Gasteiger partial charge in [0.15, 0.2) is 0 Å². The van der Waals surface area contributed by atoms with E-state index in [1.165, 1.54) is 53.3 Å². The van der Waals surface area contributed by atoms with E-state index in [0.29, 0.717) is 12.5 Å². The van der Waals surface area contributed by atoms with Crippen molar-refractivity contribution < 1.29 is 0 Å². The standard InChI is InChI=1S/C16H22BrN/c1-12-7-8-13(10-16(12)17)9-15(11-18)14-5-3-2-4-6-14/h7-10,14H,2-6,11,18H2,1H3/b15-9-. The molecular formula is C16H22BrN. The van der Waals surface area contributed by atoms with Gasteiger partial charge in [-0.25, -0.2) is 0 Å². The molecule has 0 bridgehead atoms.